The minimum atomic E-state index is -0.407. The van der Waals surface area contributed by atoms with Crippen LogP contribution in [-0.4, -0.2) is 19.9 Å². The molecular weight excluding hydrogens is 326 g/mol. The number of hydrogen-bond acceptors (Lipinski definition) is 6. The number of aromatic nitrogens is 4. The molecule has 0 aliphatic carbocycles. The van der Waals surface area contributed by atoms with E-state index in [0.717, 1.165) is 22.1 Å². The van der Waals surface area contributed by atoms with Crippen LogP contribution >= 0.6 is 22.7 Å². The van der Waals surface area contributed by atoms with Crippen molar-refractivity contribution in [1.29, 1.82) is 0 Å². The molecule has 0 fully saturated rings. The maximum atomic E-state index is 13.2. The molecule has 0 N–H and O–H groups in total. The lowest BCUT2D eigenvalue weighted by atomic mass is 10.3. The van der Waals surface area contributed by atoms with Crippen LogP contribution in [0.4, 0.5) is 8.78 Å². The quantitative estimate of drug-likeness (QED) is 0.553. The first-order valence-electron chi connectivity index (χ1n) is 6.18. The van der Waals surface area contributed by atoms with E-state index in [1.807, 2.05) is 0 Å². The number of nitrogens with zero attached hydrogens (tertiary/aromatic N) is 4. The van der Waals surface area contributed by atoms with Crippen LogP contribution in [0.15, 0.2) is 36.9 Å². The number of hydrogen-bond donors (Lipinski definition) is 0. The van der Waals surface area contributed by atoms with Crippen molar-refractivity contribution >= 4 is 32.3 Å². The molecule has 4 nitrogen and oxygen atoms in total. The Labute approximate surface area is 131 Å². The lowest BCUT2D eigenvalue weighted by molar-refractivity contribution is 0.621. The predicted octanol–water partition coefficient (Wildman–Crippen LogP) is 4.16. The molecule has 0 bridgehead atoms. The van der Waals surface area contributed by atoms with Crippen LogP contribution < -0.4 is 0 Å². The molecule has 4 heterocycles. The number of fused-ring (bicyclic) bond motifs is 1. The molecular formula is C14H6F2N4S2. The summed E-state index contributed by atoms with van der Waals surface area (Å²) in [5.74, 6) is -0.814. The summed E-state index contributed by atoms with van der Waals surface area (Å²) in [6.07, 6.45) is 5.41. The SMILES string of the molecule is Fc1cncc(-c2nc3sc(-c4cncc(F)c4)nc3s2)c1. The minimum absolute atomic E-state index is 0.407. The Balaban J connectivity index is 1.77. The van der Waals surface area contributed by atoms with Crippen LogP contribution in [-0.2, 0) is 0 Å². The Hall–Kier alpha value is -2.32. The van der Waals surface area contributed by atoms with Crippen molar-refractivity contribution in [2.75, 3.05) is 0 Å². The summed E-state index contributed by atoms with van der Waals surface area (Å²) in [6, 6.07) is 2.76. The standard InChI is InChI=1S/C14H6F2N4S2/c15-9-1-7(3-17-5-9)11-19-13-14(21-11)20-12(22-13)8-2-10(16)6-18-4-8/h1-6H. The molecule has 0 amide bonds. The predicted molar refractivity (Wildman–Crippen MR) is 81.7 cm³/mol. The summed E-state index contributed by atoms with van der Waals surface area (Å²) in [6.45, 7) is 0. The average Bonchev–Trinajstić information content (AvgIpc) is 3.05. The zero-order valence-corrected chi connectivity index (χ0v) is 12.5. The summed E-state index contributed by atoms with van der Waals surface area (Å²) in [4.78, 5) is 18.0. The Morgan fingerprint density at radius 1 is 0.682 bits per heavy atom. The summed E-state index contributed by atoms with van der Waals surface area (Å²) in [5.41, 5.74) is 1.23. The molecule has 4 rings (SSSR count). The summed E-state index contributed by atoms with van der Waals surface area (Å²) >= 11 is 2.69. The second-order valence-corrected chi connectivity index (χ2v) is 6.39. The number of pyridine rings is 2. The summed E-state index contributed by atoms with van der Waals surface area (Å²) in [7, 11) is 0. The molecule has 0 aromatic carbocycles. The van der Waals surface area contributed by atoms with E-state index in [1.54, 1.807) is 12.4 Å². The molecule has 0 aliphatic rings. The molecule has 0 unspecified atom stereocenters. The summed E-state index contributed by atoms with van der Waals surface area (Å²) < 4.78 is 26.4. The fraction of sp³-hybridized carbons (Fsp3) is 0. The van der Waals surface area contributed by atoms with E-state index in [0.29, 0.717) is 21.1 Å². The highest BCUT2D eigenvalue weighted by atomic mass is 32.1. The monoisotopic (exact) mass is 332 g/mol. The Kier molecular flexibility index (Phi) is 3.12. The van der Waals surface area contributed by atoms with Crippen molar-refractivity contribution in [3.63, 3.8) is 0 Å². The minimum Gasteiger partial charge on any atom is -0.261 e. The van der Waals surface area contributed by atoms with Gasteiger partial charge in [0.15, 0.2) is 9.66 Å². The third-order valence-corrected chi connectivity index (χ3v) is 5.01. The van der Waals surface area contributed by atoms with Crippen molar-refractivity contribution in [3.05, 3.63) is 48.6 Å². The van der Waals surface area contributed by atoms with Gasteiger partial charge in [-0.05, 0) is 12.1 Å². The van der Waals surface area contributed by atoms with E-state index in [1.165, 1.54) is 34.8 Å². The molecule has 8 heteroatoms. The van der Waals surface area contributed by atoms with Gasteiger partial charge < -0.3 is 0 Å². The van der Waals surface area contributed by atoms with E-state index in [-0.39, 0.29) is 0 Å². The smallest absolute Gasteiger partial charge is 0.155 e. The molecule has 108 valence electrons. The van der Waals surface area contributed by atoms with Gasteiger partial charge in [0.1, 0.15) is 21.6 Å². The third-order valence-electron chi connectivity index (χ3n) is 2.88. The molecule has 4 aromatic rings. The van der Waals surface area contributed by atoms with Gasteiger partial charge in [-0.3, -0.25) is 9.97 Å². The van der Waals surface area contributed by atoms with Crippen LogP contribution in [0.1, 0.15) is 0 Å². The van der Waals surface area contributed by atoms with Crippen molar-refractivity contribution in [2.24, 2.45) is 0 Å². The fourth-order valence-electron chi connectivity index (χ4n) is 1.95. The van der Waals surface area contributed by atoms with Crippen LogP contribution in [0, 0.1) is 11.6 Å². The molecule has 0 radical (unpaired) electrons. The second-order valence-electron chi connectivity index (χ2n) is 4.43. The van der Waals surface area contributed by atoms with Gasteiger partial charge in [0.25, 0.3) is 0 Å². The zero-order valence-electron chi connectivity index (χ0n) is 10.8. The van der Waals surface area contributed by atoms with Crippen LogP contribution in [0.2, 0.25) is 0 Å². The zero-order chi connectivity index (χ0) is 15.1. The van der Waals surface area contributed by atoms with Crippen LogP contribution in [0.25, 0.3) is 30.8 Å². The molecule has 0 saturated heterocycles. The van der Waals surface area contributed by atoms with E-state index in [4.69, 9.17) is 0 Å². The van der Waals surface area contributed by atoms with E-state index >= 15 is 0 Å². The Morgan fingerprint density at radius 3 is 1.55 bits per heavy atom. The highest BCUT2D eigenvalue weighted by Gasteiger charge is 2.14. The van der Waals surface area contributed by atoms with E-state index in [9.17, 15) is 8.78 Å². The Morgan fingerprint density at radius 2 is 1.14 bits per heavy atom. The van der Waals surface area contributed by atoms with Crippen molar-refractivity contribution < 1.29 is 8.78 Å². The van der Waals surface area contributed by atoms with Gasteiger partial charge in [0.2, 0.25) is 0 Å². The van der Waals surface area contributed by atoms with Gasteiger partial charge >= 0.3 is 0 Å². The van der Waals surface area contributed by atoms with Gasteiger partial charge in [-0.25, -0.2) is 18.7 Å². The first kappa shape index (κ1) is 13.4. The highest BCUT2D eigenvalue weighted by molar-refractivity contribution is 7.29. The molecule has 22 heavy (non-hydrogen) atoms. The number of thiazole rings is 2. The van der Waals surface area contributed by atoms with Crippen molar-refractivity contribution in [1.82, 2.24) is 19.9 Å². The van der Waals surface area contributed by atoms with Gasteiger partial charge in [0, 0.05) is 23.5 Å². The normalized spacial score (nSPS) is 11.2. The average molecular weight is 332 g/mol. The summed E-state index contributed by atoms with van der Waals surface area (Å²) in [5, 5.41) is 1.31. The maximum Gasteiger partial charge on any atom is 0.155 e. The van der Waals surface area contributed by atoms with Crippen LogP contribution in [0.3, 0.4) is 0 Å². The number of halogens is 2. The first-order chi connectivity index (χ1) is 10.7. The van der Waals surface area contributed by atoms with Gasteiger partial charge in [-0.1, -0.05) is 22.7 Å². The Bertz CT molecular complexity index is 873. The van der Waals surface area contributed by atoms with Crippen molar-refractivity contribution in [3.8, 4) is 21.1 Å². The molecule has 0 aliphatic heterocycles. The molecule has 0 saturated carbocycles. The topological polar surface area (TPSA) is 51.6 Å². The highest BCUT2D eigenvalue weighted by Crippen LogP contribution is 2.36. The lowest BCUT2D eigenvalue weighted by Crippen LogP contribution is -1.82. The maximum absolute atomic E-state index is 13.2. The largest absolute Gasteiger partial charge is 0.261 e. The van der Waals surface area contributed by atoms with Crippen LogP contribution in [0.5, 0.6) is 0 Å². The number of rotatable bonds is 2. The van der Waals surface area contributed by atoms with E-state index < -0.39 is 11.6 Å². The first-order valence-corrected chi connectivity index (χ1v) is 7.81. The second kappa shape index (κ2) is 5.15. The van der Waals surface area contributed by atoms with E-state index in [2.05, 4.69) is 19.9 Å². The van der Waals surface area contributed by atoms with Gasteiger partial charge in [-0.15, -0.1) is 0 Å². The third kappa shape index (κ3) is 2.36. The van der Waals surface area contributed by atoms with Gasteiger partial charge in [-0.2, -0.15) is 0 Å². The molecule has 4 aromatic heterocycles. The van der Waals surface area contributed by atoms with Gasteiger partial charge in [0.05, 0.1) is 12.4 Å². The molecule has 0 atom stereocenters. The lowest BCUT2D eigenvalue weighted by Gasteiger charge is -1.95. The molecule has 0 spiro atoms. The van der Waals surface area contributed by atoms with Crippen molar-refractivity contribution in [2.45, 2.75) is 0 Å². The fourth-order valence-corrected chi connectivity index (χ4v) is 3.95.